The third-order valence-electron chi connectivity index (χ3n) is 5.99. The van der Waals surface area contributed by atoms with Gasteiger partial charge in [0, 0.05) is 17.9 Å². The van der Waals surface area contributed by atoms with Gasteiger partial charge in [0.15, 0.2) is 0 Å². The van der Waals surface area contributed by atoms with Crippen molar-refractivity contribution < 1.29 is 33.8 Å². The van der Waals surface area contributed by atoms with E-state index in [-0.39, 0.29) is 25.4 Å². The second-order valence-electron chi connectivity index (χ2n) is 9.07. The van der Waals surface area contributed by atoms with Crippen LogP contribution in [0.4, 0.5) is 4.79 Å². The van der Waals surface area contributed by atoms with E-state index in [9.17, 15) is 24.3 Å². The molecule has 2 aromatic rings. The van der Waals surface area contributed by atoms with Crippen LogP contribution in [0.25, 0.3) is 11.1 Å². The molecule has 0 aliphatic heterocycles. The van der Waals surface area contributed by atoms with E-state index in [1.807, 2.05) is 36.4 Å². The number of hydrogen-bond donors (Lipinski definition) is 3. The molecule has 2 aromatic carbocycles. The molecule has 9 heteroatoms. The second-order valence-corrected chi connectivity index (χ2v) is 9.07. The molecule has 0 spiro atoms. The third-order valence-corrected chi connectivity index (χ3v) is 5.99. The summed E-state index contributed by atoms with van der Waals surface area (Å²) in [5.74, 6) is -2.69. The molecule has 1 atom stereocenters. The van der Waals surface area contributed by atoms with E-state index < -0.39 is 41.9 Å². The summed E-state index contributed by atoms with van der Waals surface area (Å²) in [5, 5.41) is 14.3. The van der Waals surface area contributed by atoms with Crippen LogP contribution < -0.4 is 10.6 Å². The molecule has 1 aliphatic rings. The number of carboxylic acids is 1. The van der Waals surface area contributed by atoms with Gasteiger partial charge in [-0.05, 0) is 42.5 Å². The largest absolute Gasteiger partial charge is 0.480 e. The summed E-state index contributed by atoms with van der Waals surface area (Å²) in [7, 11) is 1.14. The topological polar surface area (TPSA) is 131 Å². The number of aliphatic carboxylic acids is 1. The maximum absolute atomic E-state index is 12.5. The molecule has 3 rings (SSSR count). The number of hydrogen-bond acceptors (Lipinski definition) is 6. The third kappa shape index (κ3) is 6.59. The molecule has 1 aliphatic carbocycles. The van der Waals surface area contributed by atoms with Gasteiger partial charge in [0.05, 0.1) is 13.5 Å². The Labute approximate surface area is 203 Å². The highest BCUT2D eigenvalue weighted by atomic mass is 16.5. The van der Waals surface area contributed by atoms with Crippen molar-refractivity contribution in [3.8, 4) is 11.1 Å². The lowest BCUT2D eigenvalue weighted by Crippen LogP contribution is -2.46. The second kappa shape index (κ2) is 11.0. The Balaban J connectivity index is 1.51. The SMILES string of the molecule is COC(=O)C[C@H](NC(=O)CCC(C)(C)NC(=O)OCC1c2ccccc2-c2ccccc21)C(=O)O. The van der Waals surface area contributed by atoms with Crippen LogP contribution >= 0.6 is 0 Å². The average molecular weight is 483 g/mol. The molecule has 2 amide bonds. The van der Waals surface area contributed by atoms with Gasteiger partial charge in [-0.15, -0.1) is 0 Å². The summed E-state index contributed by atoms with van der Waals surface area (Å²) in [4.78, 5) is 47.4. The lowest BCUT2D eigenvalue weighted by atomic mass is 9.98. The predicted octanol–water partition coefficient (Wildman–Crippen LogP) is 3.22. The Bertz CT molecular complexity index is 1070. The molecule has 0 radical (unpaired) electrons. The van der Waals surface area contributed by atoms with E-state index in [1.54, 1.807) is 13.8 Å². The van der Waals surface area contributed by atoms with Crippen LogP contribution in [0.2, 0.25) is 0 Å². The van der Waals surface area contributed by atoms with E-state index in [2.05, 4.69) is 27.5 Å². The van der Waals surface area contributed by atoms with Gasteiger partial charge in [-0.1, -0.05) is 48.5 Å². The summed E-state index contributed by atoms with van der Waals surface area (Å²) < 4.78 is 10.0. The summed E-state index contributed by atoms with van der Waals surface area (Å²) in [6.45, 7) is 3.65. The fraction of sp³-hybridized carbons (Fsp3) is 0.385. The number of rotatable bonds is 10. The molecule has 0 saturated carbocycles. The van der Waals surface area contributed by atoms with Gasteiger partial charge in [-0.2, -0.15) is 0 Å². The highest BCUT2D eigenvalue weighted by molar-refractivity contribution is 5.87. The smallest absolute Gasteiger partial charge is 0.407 e. The number of carbonyl (C=O) groups excluding carboxylic acids is 3. The van der Waals surface area contributed by atoms with Gasteiger partial charge in [0.25, 0.3) is 0 Å². The van der Waals surface area contributed by atoms with Crippen LogP contribution in [0.15, 0.2) is 48.5 Å². The number of benzene rings is 2. The molecule has 0 bridgehead atoms. The highest BCUT2D eigenvalue weighted by Crippen LogP contribution is 2.44. The van der Waals surface area contributed by atoms with E-state index in [1.165, 1.54) is 0 Å². The van der Waals surface area contributed by atoms with Gasteiger partial charge in [0.1, 0.15) is 12.6 Å². The van der Waals surface area contributed by atoms with Gasteiger partial charge < -0.3 is 25.2 Å². The molecule has 186 valence electrons. The minimum atomic E-state index is -1.38. The predicted molar refractivity (Wildman–Crippen MR) is 128 cm³/mol. The van der Waals surface area contributed by atoms with Crippen molar-refractivity contribution in [1.29, 1.82) is 0 Å². The first kappa shape index (κ1) is 25.7. The number of alkyl carbamates (subject to hydrolysis) is 1. The van der Waals surface area contributed by atoms with E-state index in [0.29, 0.717) is 0 Å². The molecule has 9 nitrogen and oxygen atoms in total. The Morgan fingerprint density at radius 2 is 1.57 bits per heavy atom. The fourth-order valence-corrected chi connectivity index (χ4v) is 4.12. The number of fused-ring (bicyclic) bond motifs is 3. The zero-order valence-corrected chi connectivity index (χ0v) is 20.0. The summed E-state index contributed by atoms with van der Waals surface area (Å²) in [6.07, 6.45) is -0.903. The first-order valence-electron chi connectivity index (χ1n) is 11.3. The highest BCUT2D eigenvalue weighted by Gasteiger charge is 2.30. The van der Waals surface area contributed by atoms with Crippen molar-refractivity contribution >= 4 is 23.9 Å². The number of methoxy groups -OCH3 is 1. The molecule has 0 aromatic heterocycles. The first-order valence-corrected chi connectivity index (χ1v) is 11.3. The van der Waals surface area contributed by atoms with E-state index in [0.717, 1.165) is 29.4 Å². The van der Waals surface area contributed by atoms with Crippen LogP contribution in [0, 0.1) is 0 Å². The lowest BCUT2D eigenvalue weighted by Gasteiger charge is -2.26. The Hall–Kier alpha value is -3.88. The summed E-state index contributed by atoms with van der Waals surface area (Å²) >= 11 is 0. The van der Waals surface area contributed by atoms with Crippen LogP contribution in [-0.2, 0) is 23.9 Å². The van der Waals surface area contributed by atoms with Gasteiger partial charge in [-0.25, -0.2) is 9.59 Å². The van der Waals surface area contributed by atoms with Crippen molar-refractivity contribution in [2.45, 2.75) is 50.6 Å². The van der Waals surface area contributed by atoms with Crippen molar-refractivity contribution in [3.63, 3.8) is 0 Å². The van der Waals surface area contributed by atoms with Crippen LogP contribution in [-0.4, -0.2) is 54.3 Å². The number of carbonyl (C=O) groups is 4. The Morgan fingerprint density at radius 1 is 1.00 bits per heavy atom. The van der Waals surface area contributed by atoms with Gasteiger partial charge in [0.2, 0.25) is 5.91 Å². The average Bonchev–Trinajstić information content (AvgIpc) is 3.14. The normalized spacial score (nSPS) is 13.2. The van der Waals surface area contributed by atoms with Gasteiger partial charge in [-0.3, -0.25) is 9.59 Å². The van der Waals surface area contributed by atoms with E-state index >= 15 is 0 Å². The number of esters is 1. The quantitative estimate of drug-likeness (QED) is 0.443. The summed E-state index contributed by atoms with van der Waals surface area (Å²) in [5.41, 5.74) is 3.70. The number of ether oxygens (including phenoxy) is 2. The van der Waals surface area contributed by atoms with Crippen molar-refractivity contribution in [1.82, 2.24) is 10.6 Å². The standard InChI is InChI=1S/C26H30N2O7/c1-26(2,13-12-22(29)27-21(24(31)32)14-23(30)34-3)28-25(33)35-15-20-18-10-6-4-8-16(18)17-9-5-7-11-19(17)20/h4-11,20-21H,12-15H2,1-3H3,(H,27,29)(H,28,33)(H,31,32)/t21-/m0/s1. The number of nitrogens with one attached hydrogen (secondary N) is 2. The summed E-state index contributed by atoms with van der Waals surface area (Å²) in [6, 6.07) is 14.7. The Morgan fingerprint density at radius 3 is 2.11 bits per heavy atom. The van der Waals surface area contributed by atoms with Crippen molar-refractivity contribution in [2.75, 3.05) is 13.7 Å². The molecule has 0 heterocycles. The molecular weight excluding hydrogens is 452 g/mol. The maximum atomic E-state index is 12.5. The van der Waals surface area contributed by atoms with Crippen LogP contribution in [0.3, 0.4) is 0 Å². The zero-order valence-electron chi connectivity index (χ0n) is 20.0. The van der Waals surface area contributed by atoms with Crippen molar-refractivity contribution in [2.24, 2.45) is 0 Å². The fourth-order valence-electron chi connectivity index (χ4n) is 4.12. The zero-order chi connectivity index (χ0) is 25.6. The van der Waals surface area contributed by atoms with Crippen LogP contribution in [0.5, 0.6) is 0 Å². The Kier molecular flexibility index (Phi) is 8.11. The number of amides is 2. The minimum Gasteiger partial charge on any atom is -0.480 e. The molecule has 3 N–H and O–H groups in total. The molecule has 0 unspecified atom stereocenters. The van der Waals surface area contributed by atoms with Crippen molar-refractivity contribution in [3.05, 3.63) is 59.7 Å². The van der Waals surface area contributed by atoms with Crippen LogP contribution in [0.1, 0.15) is 50.2 Å². The lowest BCUT2D eigenvalue weighted by molar-refractivity contribution is -0.148. The minimum absolute atomic E-state index is 0.0540. The molecular formula is C26H30N2O7. The first-order chi connectivity index (χ1) is 16.6. The molecule has 0 saturated heterocycles. The molecule has 35 heavy (non-hydrogen) atoms. The molecule has 0 fully saturated rings. The monoisotopic (exact) mass is 482 g/mol. The van der Waals surface area contributed by atoms with E-state index in [4.69, 9.17) is 4.74 Å². The maximum Gasteiger partial charge on any atom is 0.407 e. The number of carboxylic acid groups (broad SMARTS) is 1. The van der Waals surface area contributed by atoms with Gasteiger partial charge >= 0.3 is 18.0 Å².